The van der Waals surface area contributed by atoms with E-state index in [0.29, 0.717) is 56.5 Å². The van der Waals surface area contributed by atoms with Crippen LogP contribution in [0.15, 0.2) is 36.8 Å². The highest BCUT2D eigenvalue weighted by atomic mass is 19.4. The predicted octanol–water partition coefficient (Wildman–Crippen LogP) is 3.04. The molecule has 2 aromatic rings. The molecule has 12 heteroatoms. The van der Waals surface area contributed by atoms with Gasteiger partial charge in [0.15, 0.2) is 0 Å². The fourth-order valence-corrected chi connectivity index (χ4v) is 5.58. The van der Waals surface area contributed by atoms with Crippen LogP contribution in [-0.2, 0) is 18.3 Å². The molecule has 2 unspecified atom stereocenters. The zero-order valence-electron chi connectivity index (χ0n) is 20.6. The smallest absolute Gasteiger partial charge is 0.406 e. The summed E-state index contributed by atoms with van der Waals surface area (Å²) < 4.78 is 54.6. The van der Waals surface area contributed by atoms with Crippen molar-refractivity contribution < 1.29 is 37.3 Å². The van der Waals surface area contributed by atoms with Gasteiger partial charge in [-0.2, -0.15) is 0 Å². The van der Waals surface area contributed by atoms with Gasteiger partial charge < -0.3 is 28.8 Å². The van der Waals surface area contributed by atoms with Gasteiger partial charge in [0.05, 0.1) is 18.1 Å². The Balaban J connectivity index is 1.23. The number of likely N-dealkylation sites (tertiary alicyclic amines) is 1. The quantitative estimate of drug-likeness (QED) is 0.568. The molecular formula is C25H31F3N4O5. The molecule has 202 valence electrons. The second kappa shape index (κ2) is 10.1. The largest absolute Gasteiger partial charge is 0.573 e. The number of carbonyl (C=O) groups excluding carboxylic acids is 1. The Hall–Kier alpha value is -2.83. The van der Waals surface area contributed by atoms with Crippen molar-refractivity contribution in [3.63, 3.8) is 0 Å². The van der Waals surface area contributed by atoms with Gasteiger partial charge in [-0.05, 0) is 35.4 Å². The molecule has 0 bridgehead atoms. The lowest BCUT2D eigenvalue weighted by Gasteiger charge is -2.36. The van der Waals surface area contributed by atoms with Crippen molar-refractivity contribution in [3.8, 4) is 11.6 Å². The molecule has 3 fully saturated rings. The van der Waals surface area contributed by atoms with Crippen LogP contribution in [0.1, 0.15) is 18.4 Å². The first-order valence-electron chi connectivity index (χ1n) is 12.4. The number of benzene rings is 1. The number of hydrogen-bond acceptors (Lipinski definition) is 7. The van der Waals surface area contributed by atoms with Crippen LogP contribution >= 0.6 is 0 Å². The molecule has 0 radical (unpaired) electrons. The molecule has 1 aromatic carbocycles. The number of aryl methyl sites for hydroxylation is 1. The van der Waals surface area contributed by atoms with Crippen LogP contribution in [0.5, 0.6) is 11.6 Å². The van der Waals surface area contributed by atoms with E-state index >= 15 is 0 Å². The summed E-state index contributed by atoms with van der Waals surface area (Å²) in [6, 6.07) is 5.61. The number of halogens is 3. The third-order valence-corrected chi connectivity index (χ3v) is 7.46. The number of alkyl halides is 3. The number of fused-ring (bicyclic) bond motifs is 1. The van der Waals surface area contributed by atoms with E-state index in [-0.39, 0.29) is 24.1 Å². The molecular weight excluding hydrogens is 493 g/mol. The molecule has 1 N–H and O–H groups in total. The Labute approximate surface area is 212 Å². The number of carbonyl (C=O) groups is 1. The summed E-state index contributed by atoms with van der Waals surface area (Å²) in [5.74, 6) is 0.861. The minimum atomic E-state index is -4.80. The lowest BCUT2D eigenvalue weighted by Crippen LogP contribution is -2.47. The molecule has 1 saturated carbocycles. The fourth-order valence-electron chi connectivity index (χ4n) is 5.58. The average molecular weight is 525 g/mol. The van der Waals surface area contributed by atoms with Crippen LogP contribution in [0.25, 0.3) is 0 Å². The second-order valence-electron chi connectivity index (χ2n) is 10.3. The molecule has 1 aliphatic carbocycles. The van der Waals surface area contributed by atoms with Crippen LogP contribution in [0.3, 0.4) is 0 Å². The van der Waals surface area contributed by atoms with Crippen molar-refractivity contribution in [2.75, 3.05) is 39.4 Å². The molecule has 2 saturated heterocycles. The van der Waals surface area contributed by atoms with E-state index in [1.165, 1.54) is 29.4 Å². The number of aliphatic hydroxyl groups is 1. The standard InChI is InChI=1S/C25H31F3N4O5/c1-30-14-22(29-16-30)36-23(33)32(10-17-3-2-4-18(9-17)37-25(26,27)28)13-21-19-11-31(12-20(19)21)15-24(34)5-7-35-8-6-24/h2-4,9,14,16,19-21,34H,5-8,10-13,15H2,1H3. The molecule has 37 heavy (non-hydrogen) atoms. The first-order valence-corrected chi connectivity index (χ1v) is 12.4. The van der Waals surface area contributed by atoms with Gasteiger partial charge in [0, 0.05) is 65.8 Å². The average Bonchev–Trinajstić information content (AvgIpc) is 3.10. The number of nitrogens with zero attached hydrogens (tertiary/aromatic N) is 4. The van der Waals surface area contributed by atoms with E-state index in [2.05, 4.69) is 14.6 Å². The lowest BCUT2D eigenvalue weighted by molar-refractivity contribution is -0.274. The van der Waals surface area contributed by atoms with Crippen LogP contribution in [-0.4, -0.2) is 81.9 Å². The minimum Gasteiger partial charge on any atom is -0.406 e. The summed E-state index contributed by atoms with van der Waals surface area (Å²) in [5.41, 5.74) is -0.221. The van der Waals surface area contributed by atoms with E-state index in [1.54, 1.807) is 23.9 Å². The van der Waals surface area contributed by atoms with E-state index in [0.717, 1.165) is 13.1 Å². The fraction of sp³-hybridized carbons (Fsp3) is 0.600. The Morgan fingerprint density at radius 2 is 2.00 bits per heavy atom. The predicted molar refractivity (Wildman–Crippen MR) is 125 cm³/mol. The van der Waals surface area contributed by atoms with Gasteiger partial charge >= 0.3 is 12.5 Å². The zero-order valence-corrected chi connectivity index (χ0v) is 20.6. The van der Waals surface area contributed by atoms with Crippen LogP contribution in [0, 0.1) is 17.8 Å². The molecule has 2 atom stereocenters. The number of amides is 1. The Bertz CT molecular complexity index is 1090. The van der Waals surface area contributed by atoms with Gasteiger partial charge in [0.25, 0.3) is 0 Å². The number of β-amino-alcohol motifs (C(OH)–C–C–N with tert-alkyl or cyclic N) is 1. The zero-order chi connectivity index (χ0) is 26.2. The summed E-state index contributed by atoms with van der Waals surface area (Å²) >= 11 is 0. The molecule has 0 spiro atoms. The number of hydrogen-bond donors (Lipinski definition) is 1. The summed E-state index contributed by atoms with van der Waals surface area (Å²) in [6.07, 6.45) is -1.07. The number of piperidine rings is 1. The summed E-state index contributed by atoms with van der Waals surface area (Å²) in [7, 11) is 1.75. The third-order valence-electron chi connectivity index (χ3n) is 7.46. The normalized spacial score (nSPS) is 24.9. The van der Waals surface area contributed by atoms with Gasteiger partial charge in [-0.3, -0.25) is 4.90 Å². The Kier molecular flexibility index (Phi) is 7.08. The molecule has 9 nitrogen and oxygen atoms in total. The van der Waals surface area contributed by atoms with Gasteiger partial charge in [0.1, 0.15) is 5.75 Å². The van der Waals surface area contributed by atoms with Gasteiger partial charge in [-0.15, -0.1) is 13.2 Å². The van der Waals surface area contributed by atoms with Gasteiger partial charge in [-0.1, -0.05) is 12.1 Å². The molecule has 3 heterocycles. The van der Waals surface area contributed by atoms with Crippen molar-refractivity contribution >= 4 is 6.09 Å². The number of rotatable bonds is 8. The molecule has 3 aliphatic rings. The lowest BCUT2D eigenvalue weighted by atomic mass is 9.93. The van der Waals surface area contributed by atoms with E-state index < -0.39 is 18.1 Å². The van der Waals surface area contributed by atoms with Crippen molar-refractivity contribution in [3.05, 3.63) is 42.4 Å². The van der Waals surface area contributed by atoms with Crippen LogP contribution < -0.4 is 9.47 Å². The molecule has 1 aromatic heterocycles. The van der Waals surface area contributed by atoms with Gasteiger partial charge in [-0.25, -0.2) is 9.78 Å². The van der Waals surface area contributed by atoms with Gasteiger partial charge in [0.2, 0.25) is 5.88 Å². The van der Waals surface area contributed by atoms with Crippen molar-refractivity contribution in [2.45, 2.75) is 31.3 Å². The maximum absolute atomic E-state index is 13.1. The summed E-state index contributed by atoms with van der Waals surface area (Å²) in [5, 5.41) is 10.8. The monoisotopic (exact) mass is 524 g/mol. The van der Waals surface area contributed by atoms with Crippen molar-refractivity contribution in [2.24, 2.45) is 24.8 Å². The Morgan fingerprint density at radius 3 is 2.65 bits per heavy atom. The molecule has 1 amide bonds. The first kappa shape index (κ1) is 25.8. The molecule has 2 aliphatic heterocycles. The maximum atomic E-state index is 13.1. The van der Waals surface area contributed by atoms with Crippen molar-refractivity contribution in [1.29, 1.82) is 0 Å². The number of ether oxygens (including phenoxy) is 3. The first-order chi connectivity index (χ1) is 17.6. The summed E-state index contributed by atoms with van der Waals surface area (Å²) in [4.78, 5) is 20.9. The summed E-state index contributed by atoms with van der Waals surface area (Å²) in [6.45, 7) is 3.93. The van der Waals surface area contributed by atoms with Crippen LogP contribution in [0.2, 0.25) is 0 Å². The van der Waals surface area contributed by atoms with Crippen LogP contribution in [0.4, 0.5) is 18.0 Å². The SMILES string of the molecule is Cn1cnc(OC(=O)N(Cc2cccc(OC(F)(F)F)c2)CC2C3CN(CC4(O)CCOCC4)CC32)c1. The Morgan fingerprint density at radius 1 is 1.27 bits per heavy atom. The maximum Gasteiger partial charge on any atom is 0.573 e. The third kappa shape index (κ3) is 6.55. The minimum absolute atomic E-state index is 0.0696. The van der Waals surface area contributed by atoms with E-state index in [4.69, 9.17) is 9.47 Å². The highest BCUT2D eigenvalue weighted by Gasteiger charge is 2.56. The highest BCUT2D eigenvalue weighted by molar-refractivity contribution is 5.70. The van der Waals surface area contributed by atoms with E-state index in [9.17, 15) is 23.1 Å². The molecule has 5 rings (SSSR count). The van der Waals surface area contributed by atoms with Crippen molar-refractivity contribution in [1.82, 2.24) is 19.4 Å². The number of aromatic nitrogens is 2. The second-order valence-corrected chi connectivity index (χ2v) is 10.3. The highest BCUT2D eigenvalue weighted by Crippen LogP contribution is 2.52. The topological polar surface area (TPSA) is 89.3 Å². The van der Waals surface area contributed by atoms with E-state index in [1.807, 2.05) is 0 Å². The number of imidazole rings is 1.